The van der Waals surface area contributed by atoms with E-state index in [9.17, 15) is 88.4 Å². The fourth-order valence-electron chi connectivity index (χ4n) is 16.7. The summed E-state index contributed by atoms with van der Waals surface area (Å²) in [4.78, 5) is 118. The van der Waals surface area contributed by atoms with Gasteiger partial charge in [-0.25, -0.2) is 23.0 Å². The fourth-order valence-corrected chi connectivity index (χ4v) is 22.4. The molecule has 34 nitrogen and oxygen atoms in total. The first-order valence-corrected chi connectivity index (χ1v) is 52.0. The van der Waals surface area contributed by atoms with Crippen LogP contribution in [-0.4, -0.2) is 181 Å². The minimum absolute atomic E-state index is 0. The van der Waals surface area contributed by atoms with E-state index in [1.807, 2.05) is 72.9 Å². The predicted octanol–water partition coefficient (Wildman–Crippen LogP) is 10.7. The van der Waals surface area contributed by atoms with Crippen LogP contribution in [0.15, 0.2) is 191 Å². The molecule has 2 amide bonds. The predicted molar refractivity (Wildman–Crippen MR) is 483 cm³/mol. The second-order valence-corrected chi connectivity index (χ2v) is 44.6. The first-order valence-electron chi connectivity index (χ1n) is 42.3. The molecule has 11 rings (SSSR count). The van der Waals surface area contributed by atoms with Gasteiger partial charge >= 0.3 is 72.1 Å². The van der Waals surface area contributed by atoms with E-state index >= 15 is 0 Å². The number of hydrogen-bond acceptors (Lipinski definition) is 22. The number of fused-ring (bicyclic) bond motifs is 3. The maximum atomic E-state index is 13.5. The molecule has 1 aromatic heterocycles. The summed E-state index contributed by atoms with van der Waals surface area (Å²) < 4.78 is 126. The van der Waals surface area contributed by atoms with Crippen molar-refractivity contribution >= 4 is 109 Å². The second kappa shape index (κ2) is 45.2. The van der Waals surface area contributed by atoms with Crippen LogP contribution >= 0.6 is 30.4 Å². The fraction of sp³-hybridized carbons (Fsp3) is 0.460. The Morgan fingerprint density at radius 2 is 1.27 bits per heavy atom. The molecule has 0 spiro atoms. The van der Waals surface area contributed by atoms with Crippen LogP contribution in [0.4, 0.5) is 26.8 Å². The molecule has 15 N–H and O–H groups in total. The van der Waals surface area contributed by atoms with Crippen LogP contribution in [0.5, 0.6) is 0 Å². The van der Waals surface area contributed by atoms with Crippen LogP contribution in [0.2, 0.25) is 0 Å². The van der Waals surface area contributed by atoms with Gasteiger partial charge in [0.1, 0.15) is 24.6 Å². The molecule has 3 aliphatic carbocycles. The number of hydrogen-bond donors (Lipinski definition) is 15. The van der Waals surface area contributed by atoms with E-state index in [0.717, 1.165) is 130 Å². The van der Waals surface area contributed by atoms with Crippen LogP contribution in [0, 0.1) is 5.92 Å². The third-order valence-corrected chi connectivity index (χ3v) is 33.0. The maximum Gasteiger partial charge on any atom is 1.00 e. The van der Waals surface area contributed by atoms with Crippen molar-refractivity contribution in [1.29, 1.82) is 0 Å². The number of para-hydroxylation sites is 2. The average Bonchev–Trinajstić information content (AvgIpc) is 1.59. The van der Waals surface area contributed by atoms with Crippen molar-refractivity contribution in [3.63, 3.8) is 0 Å². The molecule has 0 bridgehead atoms. The zero-order valence-electron chi connectivity index (χ0n) is 73.3. The number of aromatic nitrogens is 1. The van der Waals surface area contributed by atoms with Gasteiger partial charge in [0.15, 0.2) is 11.5 Å². The van der Waals surface area contributed by atoms with Crippen LogP contribution in [0.25, 0.3) is 5.57 Å². The minimum atomic E-state index is -5.61. The van der Waals surface area contributed by atoms with Crippen molar-refractivity contribution in [2.45, 2.75) is 209 Å². The number of ketones is 1. The molecule has 41 heteroatoms. The number of nitrogens with one attached hydrogen (secondary N) is 4. The Morgan fingerprint density at radius 3 is 1.89 bits per heavy atom. The molecule has 3 atom stereocenters. The summed E-state index contributed by atoms with van der Waals surface area (Å²) in [5, 5.41) is 26.7. The van der Waals surface area contributed by atoms with Crippen LogP contribution in [-0.2, 0) is 65.2 Å². The summed E-state index contributed by atoms with van der Waals surface area (Å²) in [7, 11) is -30.6. The Balaban J connectivity index is 0.000000658. The number of hydrazone groups is 2. The Morgan fingerprint density at radius 1 is 0.664 bits per heavy atom. The number of unbranched alkanes of at least 4 members (excludes halogenated alkanes) is 2. The molecular weight excluding hydrogens is 1780 g/mol. The number of allylic oxidation sites excluding steroid dienone is 11. The van der Waals surface area contributed by atoms with E-state index in [0.29, 0.717) is 82.3 Å². The average molecular weight is 1900 g/mol. The summed E-state index contributed by atoms with van der Waals surface area (Å²) in [6, 6.07) is 36.2. The van der Waals surface area contributed by atoms with Crippen molar-refractivity contribution < 1.29 is 153 Å². The smallest absolute Gasteiger partial charge is 1.00 e. The number of rotatable bonds is 36. The quantitative estimate of drug-likeness (QED) is 0.00204. The molecule has 3 unspecified atom stereocenters. The molecule has 3 aliphatic heterocycles. The molecule has 0 saturated heterocycles. The normalized spacial score (nSPS) is 19.6. The molecule has 692 valence electrons. The second-order valence-electron chi connectivity index (χ2n) is 33.5. The molecule has 4 aromatic carbocycles. The van der Waals surface area contributed by atoms with Gasteiger partial charge < -0.3 is 80.3 Å². The number of anilines is 2. The SMILES string of the molecule is CC1(C)C(/C=C/C2=C(c3ccc(/C=N/Nc4ccc(C(=O)CCc5ccc(C6=NNC=C7CCC(OC(=O)NCCCC(O)(P(=O)(O)O)P(=O)(O)O)CCCC76)cc5)cn4)cc3)C(=C/C=C3\N(CCCCS(=O)(=O)[O-])c4ccccc4C3(C)C)/CCC2)=[N+](CCCCS(=O)(=O)O)c2ccccc21.O=C(NCCCC(O)(P(=O)(O)O)P(=O)(O)O)OC1CC/C=C/CCC1.[H-].[Na+]. The van der Waals surface area contributed by atoms with E-state index in [-0.39, 0.29) is 98.7 Å². The third-order valence-electron chi connectivity index (χ3n) is 23.7. The number of carbonyl (C=O) groups is 3. The van der Waals surface area contributed by atoms with Crippen molar-refractivity contribution in [3.8, 4) is 0 Å². The number of alkyl carbamates (subject to hydrolysis) is 2. The van der Waals surface area contributed by atoms with Crippen LogP contribution < -0.4 is 55.9 Å². The molecule has 4 heterocycles. The zero-order chi connectivity index (χ0) is 92.4. The Hall–Kier alpha value is -7.57. The molecule has 1 fully saturated rings. The van der Waals surface area contributed by atoms with E-state index in [2.05, 4.69) is 141 Å². The molecule has 0 radical (unpaired) electrons. The number of aryl methyl sites for hydroxylation is 1. The Bertz CT molecular complexity index is 5490. The number of amides is 2. The van der Waals surface area contributed by atoms with Gasteiger partial charge in [0.2, 0.25) is 5.69 Å². The third kappa shape index (κ3) is 27.8. The van der Waals surface area contributed by atoms with Crippen molar-refractivity contribution in [3.05, 3.63) is 219 Å². The monoisotopic (exact) mass is 1900 g/mol. The van der Waals surface area contributed by atoms with E-state index in [1.165, 1.54) is 11.8 Å². The number of carbonyl (C=O) groups excluding carboxylic acids is 3. The first-order chi connectivity index (χ1) is 59.8. The minimum Gasteiger partial charge on any atom is -1.00 e. The van der Waals surface area contributed by atoms with Gasteiger partial charge in [-0.1, -0.05) is 123 Å². The number of Topliss-reactive ketones (excluding diaryl/α,β-unsaturated/α-hetero) is 1. The van der Waals surface area contributed by atoms with Gasteiger partial charge in [-0.2, -0.15) is 23.2 Å². The number of aliphatic hydroxyl groups is 2. The maximum absolute atomic E-state index is 13.5. The van der Waals surface area contributed by atoms with Crippen molar-refractivity contribution in [2.24, 2.45) is 16.1 Å². The first kappa shape index (κ1) is 104. The Kier molecular flexibility index (Phi) is 36.8. The molecule has 128 heavy (non-hydrogen) atoms. The number of pyridine rings is 1. The van der Waals surface area contributed by atoms with E-state index in [4.69, 9.17) is 29.0 Å². The molecule has 6 aliphatic rings. The van der Waals surface area contributed by atoms with Crippen LogP contribution in [0.1, 0.15) is 214 Å². The topological polar surface area (TPSA) is 544 Å². The van der Waals surface area contributed by atoms with Gasteiger partial charge in [-0.15, -0.1) is 0 Å². The number of nitrogens with zero attached hydrogens (tertiary/aromatic N) is 5. The van der Waals surface area contributed by atoms with Gasteiger partial charge in [0, 0.05) is 109 Å². The molecular formula is C87H116N9NaO25P4S2. The standard InChI is InChI=1S/C74H90N8O16P2S2.C13H25NO9P2.Na.H/c1-72(2)61-20-5-7-22-63(61)81(44-9-11-46-101(92,93)94)66(72)39-34-53-16-13-17-54(35-40-67-73(3,4)62-21-6-8-23-64(62)82(67)45-10-12-47-102(95,96)97)69(53)55-29-26-52(27-30-55)48-77-79-68-41-36-58(49-76-68)65(83)38-28-51-24-31-56(32-25-51)70-60-19-14-18-59(37-33-57(60)50-78-80-70)98-71(84)75-43-15-42-74(85,99(86,87)88)100(89,90)91;15-12(23-11-7-4-2-1-3-5-8-11)14-10-6-9-13(16,24(17,18)19)25(20,21)22;;/h5-8,20-27,29-32,34-36,39-41,48-50,59-60,78,85H,9-19,28,33,37-38,42-47H2,1-4H3,(H7,75,84,86,87,88,89,90,91,92,93,94,95,96,97);1-2,11,16H,3-10H2,(H,14,15)(H2,17,18,19)(H2,20,21,22);;/q;;+1;-1/b53-34+,66-39-;2-1+;;. The molecule has 1 saturated carbocycles. The zero-order valence-corrected chi connectivity index (χ0v) is 79.5. The van der Waals surface area contributed by atoms with Crippen molar-refractivity contribution in [2.75, 3.05) is 48.0 Å². The largest absolute Gasteiger partial charge is 1.00 e. The van der Waals surface area contributed by atoms with Gasteiger partial charge in [0.25, 0.3) is 20.3 Å². The summed E-state index contributed by atoms with van der Waals surface area (Å²) in [6.45, 7) is 9.49. The summed E-state index contributed by atoms with van der Waals surface area (Å²) >= 11 is 0. The van der Waals surface area contributed by atoms with Crippen LogP contribution in [0.3, 0.4) is 0 Å². The number of ether oxygens (including phenoxy) is 2. The number of benzene rings is 4. The summed E-state index contributed by atoms with van der Waals surface area (Å²) in [5.74, 6) is -0.323. The van der Waals surface area contributed by atoms with Gasteiger partial charge in [-0.3, -0.25) is 38.5 Å². The van der Waals surface area contributed by atoms with Crippen molar-refractivity contribution in [1.82, 2.24) is 21.0 Å². The van der Waals surface area contributed by atoms with E-state index < -0.39 is 103 Å². The van der Waals surface area contributed by atoms with Gasteiger partial charge in [-0.05, 0) is 210 Å². The summed E-state index contributed by atoms with van der Waals surface area (Å²) in [6.07, 6.45) is 25.5. The Labute approximate surface area is 769 Å². The summed E-state index contributed by atoms with van der Waals surface area (Å²) in [5.41, 5.74) is 21.4. The molecule has 5 aromatic rings. The van der Waals surface area contributed by atoms with E-state index in [1.54, 1.807) is 18.3 Å². The van der Waals surface area contributed by atoms with Gasteiger partial charge in [0.05, 0.1) is 33.2 Å².